The molecule has 0 saturated carbocycles. The van der Waals surface area contributed by atoms with E-state index in [0.717, 1.165) is 18.1 Å². The van der Waals surface area contributed by atoms with Crippen molar-refractivity contribution in [1.29, 1.82) is 0 Å². The number of amides is 2. The van der Waals surface area contributed by atoms with E-state index in [1.165, 1.54) is 6.92 Å². The lowest BCUT2D eigenvalue weighted by Crippen LogP contribution is -2.39. The predicted molar refractivity (Wildman–Crippen MR) is 95.4 cm³/mol. The fourth-order valence-corrected chi connectivity index (χ4v) is 3.22. The average Bonchev–Trinajstić information content (AvgIpc) is 2.42. The van der Waals surface area contributed by atoms with E-state index in [4.69, 9.17) is 11.6 Å². The van der Waals surface area contributed by atoms with Crippen LogP contribution in [0.2, 0.25) is 5.02 Å². The zero-order chi connectivity index (χ0) is 15.2. The normalized spacial score (nSPS) is 17.3. The molecule has 1 aliphatic rings. The number of anilines is 2. The maximum atomic E-state index is 12.1. The number of carbonyl (C=O) groups excluding carboxylic acids is 2. The summed E-state index contributed by atoms with van der Waals surface area (Å²) in [6.07, 6.45) is 0.412. The molecule has 1 aromatic rings. The van der Waals surface area contributed by atoms with Crippen molar-refractivity contribution in [3.63, 3.8) is 0 Å². The summed E-state index contributed by atoms with van der Waals surface area (Å²) in [5, 5.41) is 9.32. The van der Waals surface area contributed by atoms with Gasteiger partial charge in [0, 0.05) is 42.5 Å². The van der Waals surface area contributed by atoms with Crippen LogP contribution >= 0.6 is 35.8 Å². The van der Waals surface area contributed by atoms with Crippen molar-refractivity contribution < 1.29 is 9.59 Å². The first-order valence-electron chi connectivity index (χ1n) is 6.72. The van der Waals surface area contributed by atoms with E-state index in [9.17, 15) is 9.59 Å². The Balaban J connectivity index is 0.00000242. The fourth-order valence-electron chi connectivity index (χ4n) is 2.09. The summed E-state index contributed by atoms with van der Waals surface area (Å²) >= 11 is 7.76. The molecule has 22 heavy (non-hydrogen) atoms. The summed E-state index contributed by atoms with van der Waals surface area (Å²) in [7, 11) is 0. The van der Waals surface area contributed by atoms with Crippen molar-refractivity contribution in [3.8, 4) is 0 Å². The van der Waals surface area contributed by atoms with Crippen LogP contribution in [0.15, 0.2) is 18.2 Å². The van der Waals surface area contributed by atoms with Gasteiger partial charge in [-0.25, -0.2) is 0 Å². The fraction of sp³-hybridized carbons (Fsp3) is 0.429. The lowest BCUT2D eigenvalue weighted by atomic mass is 10.2. The molecule has 5 nitrogen and oxygen atoms in total. The molecule has 0 spiro atoms. The Labute approximate surface area is 145 Å². The van der Waals surface area contributed by atoms with Crippen molar-refractivity contribution in [2.45, 2.75) is 19.4 Å². The number of hydrogen-bond acceptors (Lipinski definition) is 4. The molecular formula is C14H19Cl2N3O2S. The second kappa shape index (κ2) is 9.25. The van der Waals surface area contributed by atoms with Crippen LogP contribution in [-0.2, 0) is 9.59 Å². The topological polar surface area (TPSA) is 70.2 Å². The quantitative estimate of drug-likeness (QED) is 0.769. The molecule has 0 bridgehead atoms. The van der Waals surface area contributed by atoms with Crippen molar-refractivity contribution in [2.24, 2.45) is 0 Å². The van der Waals surface area contributed by atoms with Crippen LogP contribution in [0.4, 0.5) is 11.4 Å². The number of hydrogen-bond donors (Lipinski definition) is 3. The summed E-state index contributed by atoms with van der Waals surface area (Å²) in [6.45, 7) is 2.34. The van der Waals surface area contributed by atoms with E-state index in [0.29, 0.717) is 22.8 Å². The SMILES string of the molecule is CC(=O)Nc1cc(Cl)ccc1NC(=O)CC1CSCCN1.Cl. The Morgan fingerprint density at radius 1 is 1.36 bits per heavy atom. The largest absolute Gasteiger partial charge is 0.324 e. The molecule has 2 rings (SSSR count). The van der Waals surface area contributed by atoms with Gasteiger partial charge in [-0.05, 0) is 18.2 Å². The summed E-state index contributed by atoms with van der Waals surface area (Å²) in [4.78, 5) is 23.3. The summed E-state index contributed by atoms with van der Waals surface area (Å²) in [5.41, 5.74) is 1.07. The van der Waals surface area contributed by atoms with Gasteiger partial charge in [-0.2, -0.15) is 11.8 Å². The first-order valence-corrected chi connectivity index (χ1v) is 8.26. The molecule has 3 N–H and O–H groups in total. The van der Waals surface area contributed by atoms with Crippen LogP contribution in [-0.4, -0.2) is 35.9 Å². The van der Waals surface area contributed by atoms with Gasteiger partial charge in [0.25, 0.3) is 0 Å². The minimum atomic E-state index is -0.210. The Bertz CT molecular complexity index is 537. The van der Waals surface area contributed by atoms with E-state index in [1.807, 2.05) is 11.8 Å². The molecule has 0 radical (unpaired) electrons. The maximum Gasteiger partial charge on any atom is 0.226 e. The van der Waals surface area contributed by atoms with Crippen LogP contribution in [0.5, 0.6) is 0 Å². The lowest BCUT2D eigenvalue weighted by molar-refractivity contribution is -0.116. The van der Waals surface area contributed by atoms with Gasteiger partial charge in [-0.1, -0.05) is 11.6 Å². The van der Waals surface area contributed by atoms with Crippen LogP contribution in [0, 0.1) is 0 Å². The van der Waals surface area contributed by atoms with Gasteiger partial charge in [-0.15, -0.1) is 12.4 Å². The van der Waals surface area contributed by atoms with Gasteiger partial charge in [0.2, 0.25) is 11.8 Å². The molecule has 122 valence electrons. The van der Waals surface area contributed by atoms with Crippen molar-refractivity contribution >= 4 is 59.0 Å². The number of halogens is 2. The molecular weight excluding hydrogens is 345 g/mol. The highest BCUT2D eigenvalue weighted by molar-refractivity contribution is 7.99. The first kappa shape index (κ1) is 19.1. The molecule has 1 heterocycles. The van der Waals surface area contributed by atoms with Crippen LogP contribution in [0.1, 0.15) is 13.3 Å². The van der Waals surface area contributed by atoms with E-state index in [-0.39, 0.29) is 30.3 Å². The third-order valence-electron chi connectivity index (χ3n) is 3.00. The smallest absolute Gasteiger partial charge is 0.226 e. The molecule has 2 amide bonds. The number of thioether (sulfide) groups is 1. The summed E-state index contributed by atoms with van der Waals surface area (Å²) in [5.74, 6) is 1.73. The molecule has 1 atom stereocenters. The van der Waals surface area contributed by atoms with E-state index >= 15 is 0 Å². The molecule has 1 aromatic carbocycles. The van der Waals surface area contributed by atoms with Gasteiger partial charge in [0.1, 0.15) is 0 Å². The standard InChI is InChI=1S/C14H18ClN3O2S.ClH/c1-9(19)17-13-6-10(15)2-3-12(13)18-14(20)7-11-8-21-5-4-16-11;/h2-3,6,11,16H,4-5,7-8H2,1H3,(H,17,19)(H,18,20);1H. The Morgan fingerprint density at radius 2 is 2.14 bits per heavy atom. The maximum absolute atomic E-state index is 12.1. The van der Waals surface area contributed by atoms with Gasteiger partial charge < -0.3 is 16.0 Å². The van der Waals surface area contributed by atoms with Gasteiger partial charge in [0.15, 0.2) is 0 Å². The van der Waals surface area contributed by atoms with Crippen LogP contribution < -0.4 is 16.0 Å². The molecule has 1 fully saturated rings. The average molecular weight is 364 g/mol. The Hall–Kier alpha value is -0.950. The van der Waals surface area contributed by atoms with Crippen LogP contribution in [0.3, 0.4) is 0 Å². The number of nitrogens with one attached hydrogen (secondary N) is 3. The van der Waals surface area contributed by atoms with Gasteiger partial charge in [0.05, 0.1) is 11.4 Å². The zero-order valence-corrected chi connectivity index (χ0v) is 14.5. The van der Waals surface area contributed by atoms with E-state index < -0.39 is 0 Å². The first-order chi connectivity index (χ1) is 10.0. The minimum absolute atomic E-state index is 0. The van der Waals surface area contributed by atoms with Crippen molar-refractivity contribution in [2.75, 3.05) is 28.7 Å². The van der Waals surface area contributed by atoms with Gasteiger partial charge in [-0.3, -0.25) is 9.59 Å². The van der Waals surface area contributed by atoms with E-state index in [2.05, 4.69) is 16.0 Å². The highest BCUT2D eigenvalue weighted by Crippen LogP contribution is 2.26. The number of carbonyl (C=O) groups is 2. The Kier molecular flexibility index (Phi) is 8.03. The summed E-state index contributed by atoms with van der Waals surface area (Å²) < 4.78 is 0. The summed E-state index contributed by atoms with van der Waals surface area (Å²) in [6, 6.07) is 5.18. The second-order valence-corrected chi connectivity index (χ2v) is 6.44. The molecule has 0 aliphatic carbocycles. The molecule has 8 heteroatoms. The monoisotopic (exact) mass is 363 g/mol. The van der Waals surface area contributed by atoms with Crippen molar-refractivity contribution in [3.05, 3.63) is 23.2 Å². The lowest BCUT2D eigenvalue weighted by Gasteiger charge is -2.22. The zero-order valence-electron chi connectivity index (χ0n) is 12.1. The highest BCUT2D eigenvalue weighted by atomic mass is 35.5. The van der Waals surface area contributed by atoms with Crippen LogP contribution in [0.25, 0.3) is 0 Å². The molecule has 1 aliphatic heterocycles. The molecule has 1 saturated heterocycles. The van der Waals surface area contributed by atoms with E-state index in [1.54, 1.807) is 18.2 Å². The third-order valence-corrected chi connectivity index (χ3v) is 4.36. The number of rotatable bonds is 4. The second-order valence-electron chi connectivity index (χ2n) is 4.85. The minimum Gasteiger partial charge on any atom is -0.324 e. The predicted octanol–water partition coefficient (Wildman–Crippen LogP) is 2.75. The molecule has 0 aromatic heterocycles. The Morgan fingerprint density at radius 3 is 2.77 bits per heavy atom. The highest BCUT2D eigenvalue weighted by Gasteiger charge is 2.17. The number of benzene rings is 1. The molecule has 1 unspecified atom stereocenters. The third kappa shape index (κ3) is 6.04. The van der Waals surface area contributed by atoms with Crippen molar-refractivity contribution in [1.82, 2.24) is 5.32 Å². The van der Waals surface area contributed by atoms with Gasteiger partial charge >= 0.3 is 0 Å².